The number of hydrogen-bond acceptors (Lipinski definition) is 8. The molecule has 8 nitrogen and oxygen atoms in total. The average Bonchev–Trinajstić information content (AvgIpc) is 3.06. The highest BCUT2D eigenvalue weighted by Gasteiger charge is 2.45. The topological polar surface area (TPSA) is 89.5 Å². The van der Waals surface area contributed by atoms with Gasteiger partial charge in [-0.25, -0.2) is 4.57 Å². The molecule has 0 amide bonds. The molecule has 0 aromatic rings. The first-order valence-corrected chi connectivity index (χ1v) is 10.6. The van der Waals surface area contributed by atoms with Crippen molar-refractivity contribution in [3.8, 4) is 0 Å². The van der Waals surface area contributed by atoms with E-state index in [2.05, 4.69) is 0 Å². The van der Waals surface area contributed by atoms with Gasteiger partial charge in [-0.1, -0.05) is 13.8 Å². The van der Waals surface area contributed by atoms with Crippen LogP contribution in [0.1, 0.15) is 33.6 Å². The molecule has 2 aliphatic rings. The molecule has 2 unspecified atom stereocenters. The summed E-state index contributed by atoms with van der Waals surface area (Å²) in [5, 5.41) is 0. The maximum absolute atomic E-state index is 12.9. The van der Waals surface area contributed by atoms with E-state index in [1.165, 1.54) is 14.0 Å². The summed E-state index contributed by atoms with van der Waals surface area (Å²) in [4.78, 5) is 11.2. The Bertz CT molecular complexity index is 536. The fourth-order valence-electron chi connectivity index (χ4n) is 3.42. The summed E-state index contributed by atoms with van der Waals surface area (Å²) in [5.41, 5.74) is 0. The van der Waals surface area contributed by atoms with Gasteiger partial charge in [-0.05, 0) is 6.42 Å². The zero-order valence-corrected chi connectivity index (χ0v) is 17.3. The van der Waals surface area contributed by atoms with Crippen LogP contribution in [0.3, 0.4) is 0 Å². The SMILES string of the molecule is B[C@@H]1O[C@H](CC)[C@@H](OP(=O)(OC)OC[C@H]2O[C@@H](B)C[C@@H]2OC(C)=O)C1C. The molecule has 0 N–H and O–H groups in total. The highest BCUT2D eigenvalue weighted by molar-refractivity contribution is 7.48. The van der Waals surface area contributed by atoms with Gasteiger partial charge >= 0.3 is 13.8 Å². The molecule has 26 heavy (non-hydrogen) atoms. The predicted octanol–water partition coefficient (Wildman–Crippen LogP) is 0.227. The predicted molar refractivity (Wildman–Crippen MR) is 99.5 cm³/mol. The molecular weight excluding hydrogens is 361 g/mol. The lowest BCUT2D eigenvalue weighted by atomic mass is 9.86. The Hall–Kier alpha value is -0.370. The van der Waals surface area contributed by atoms with E-state index in [-0.39, 0.29) is 42.7 Å². The van der Waals surface area contributed by atoms with Crippen LogP contribution in [-0.4, -0.2) is 71.8 Å². The molecule has 2 rings (SSSR count). The lowest BCUT2D eigenvalue weighted by Crippen LogP contribution is -2.32. The van der Waals surface area contributed by atoms with Gasteiger partial charge in [0.05, 0.1) is 18.8 Å². The highest BCUT2D eigenvalue weighted by atomic mass is 31.2. The van der Waals surface area contributed by atoms with Crippen LogP contribution in [0.2, 0.25) is 0 Å². The molecule has 2 fully saturated rings. The maximum atomic E-state index is 12.9. The second-order valence-electron chi connectivity index (χ2n) is 7.01. The quantitative estimate of drug-likeness (QED) is 0.331. The van der Waals surface area contributed by atoms with Gasteiger partial charge in [-0.3, -0.25) is 18.4 Å². The van der Waals surface area contributed by atoms with E-state index in [4.69, 9.17) is 27.8 Å². The molecule has 148 valence electrons. The Kier molecular flexibility index (Phi) is 7.77. The number of phosphoric ester groups is 1. The molecule has 8 atom stereocenters. The van der Waals surface area contributed by atoms with Crippen molar-refractivity contribution in [2.24, 2.45) is 5.92 Å². The van der Waals surface area contributed by atoms with Crippen LogP contribution in [0.4, 0.5) is 0 Å². The molecular formula is C15H29B2O8P. The van der Waals surface area contributed by atoms with Crippen molar-refractivity contribution in [1.29, 1.82) is 0 Å². The summed E-state index contributed by atoms with van der Waals surface area (Å²) in [5.74, 6) is -0.329. The Labute approximate surface area is 157 Å². The summed E-state index contributed by atoms with van der Waals surface area (Å²) in [6.07, 6.45) is -0.198. The monoisotopic (exact) mass is 390 g/mol. The first kappa shape index (κ1) is 21.9. The summed E-state index contributed by atoms with van der Waals surface area (Å²) in [6.45, 7) is 5.27. The lowest BCUT2D eigenvalue weighted by molar-refractivity contribution is -0.149. The fourth-order valence-corrected chi connectivity index (χ4v) is 4.63. The number of rotatable bonds is 8. The maximum Gasteiger partial charge on any atom is 0.474 e. The van der Waals surface area contributed by atoms with Crippen LogP contribution >= 0.6 is 7.82 Å². The minimum Gasteiger partial charge on any atom is -0.460 e. The molecule has 0 saturated carbocycles. The van der Waals surface area contributed by atoms with E-state index in [0.29, 0.717) is 6.42 Å². The standard InChI is InChI=1S/C15H29B2O8P/c1-5-10-14(8(2)15(17)24-10)25-26(19,20-4)21-7-12-11(22-9(3)18)6-13(16)23-12/h8,10-15H,5-7,16-17H2,1-4H3/t8?,10-,11+,12-,13-,14+,15-,26?/m1/s1. The molecule has 2 saturated heterocycles. The van der Waals surface area contributed by atoms with Crippen molar-refractivity contribution in [3.63, 3.8) is 0 Å². The van der Waals surface area contributed by atoms with Gasteiger partial charge in [-0.2, -0.15) is 0 Å². The molecule has 0 aromatic heterocycles. The van der Waals surface area contributed by atoms with E-state index in [9.17, 15) is 9.36 Å². The van der Waals surface area contributed by atoms with Crippen molar-refractivity contribution < 1.29 is 37.1 Å². The van der Waals surface area contributed by atoms with Crippen molar-refractivity contribution in [2.45, 2.75) is 70.0 Å². The molecule has 0 aromatic carbocycles. The zero-order chi connectivity index (χ0) is 19.5. The van der Waals surface area contributed by atoms with Crippen molar-refractivity contribution in [1.82, 2.24) is 0 Å². The first-order chi connectivity index (χ1) is 12.2. The summed E-state index contributed by atoms with van der Waals surface area (Å²) in [7, 11) is 1.34. The van der Waals surface area contributed by atoms with Crippen LogP contribution in [0.15, 0.2) is 0 Å². The number of carbonyl (C=O) groups excluding carboxylic acids is 1. The summed E-state index contributed by atoms with van der Waals surface area (Å²) in [6, 6.07) is -0.0769. The third-order valence-corrected chi connectivity index (χ3v) is 6.41. The zero-order valence-electron chi connectivity index (χ0n) is 16.4. The third-order valence-electron chi connectivity index (χ3n) is 4.99. The van der Waals surface area contributed by atoms with Gasteiger partial charge in [0, 0.05) is 38.4 Å². The fraction of sp³-hybridized carbons (Fsp3) is 0.933. The average molecular weight is 390 g/mol. The van der Waals surface area contributed by atoms with E-state index >= 15 is 0 Å². The molecule has 2 heterocycles. The Morgan fingerprint density at radius 2 is 1.96 bits per heavy atom. The lowest BCUT2D eigenvalue weighted by Gasteiger charge is -2.26. The molecule has 0 radical (unpaired) electrons. The van der Waals surface area contributed by atoms with Gasteiger partial charge in [0.15, 0.2) is 0 Å². The van der Waals surface area contributed by atoms with Crippen molar-refractivity contribution in [2.75, 3.05) is 13.7 Å². The Morgan fingerprint density at radius 3 is 2.54 bits per heavy atom. The van der Waals surface area contributed by atoms with E-state index in [1.54, 1.807) is 0 Å². The minimum absolute atomic E-state index is 0.00242. The summed E-state index contributed by atoms with van der Waals surface area (Å²) < 4.78 is 46.1. The number of phosphoric acid groups is 1. The van der Waals surface area contributed by atoms with Gasteiger partial charge in [0.1, 0.15) is 27.9 Å². The van der Waals surface area contributed by atoms with Crippen LogP contribution in [0.25, 0.3) is 0 Å². The van der Waals surface area contributed by atoms with Crippen LogP contribution in [-0.2, 0) is 37.1 Å². The number of hydrogen-bond donors (Lipinski definition) is 0. The van der Waals surface area contributed by atoms with E-state index < -0.39 is 20.0 Å². The van der Waals surface area contributed by atoms with Crippen molar-refractivity contribution in [3.05, 3.63) is 0 Å². The van der Waals surface area contributed by atoms with Crippen LogP contribution in [0, 0.1) is 5.92 Å². The number of carbonyl (C=O) groups is 1. The van der Waals surface area contributed by atoms with E-state index in [1.807, 2.05) is 29.5 Å². The van der Waals surface area contributed by atoms with E-state index in [0.717, 1.165) is 6.42 Å². The van der Waals surface area contributed by atoms with Crippen molar-refractivity contribution >= 4 is 29.5 Å². The minimum atomic E-state index is -3.80. The summed E-state index contributed by atoms with van der Waals surface area (Å²) >= 11 is 0. The highest BCUT2D eigenvalue weighted by Crippen LogP contribution is 2.53. The number of ether oxygens (including phenoxy) is 3. The largest absolute Gasteiger partial charge is 0.474 e. The second-order valence-corrected chi connectivity index (χ2v) is 8.74. The Balaban J connectivity index is 1.98. The third kappa shape index (κ3) is 5.33. The van der Waals surface area contributed by atoms with Gasteiger partial charge in [0.2, 0.25) is 0 Å². The molecule has 0 spiro atoms. The normalized spacial score (nSPS) is 39.6. The molecule has 2 aliphatic heterocycles. The second kappa shape index (κ2) is 9.22. The smallest absolute Gasteiger partial charge is 0.460 e. The molecule has 0 aliphatic carbocycles. The first-order valence-electron chi connectivity index (χ1n) is 9.16. The van der Waals surface area contributed by atoms with Gasteiger partial charge in [0.25, 0.3) is 0 Å². The van der Waals surface area contributed by atoms with Crippen LogP contribution in [0.5, 0.6) is 0 Å². The van der Waals surface area contributed by atoms with Gasteiger partial charge in [-0.15, -0.1) is 0 Å². The van der Waals surface area contributed by atoms with Gasteiger partial charge < -0.3 is 14.2 Å². The Morgan fingerprint density at radius 1 is 1.27 bits per heavy atom. The molecule has 11 heteroatoms. The number of esters is 1. The van der Waals surface area contributed by atoms with Crippen LogP contribution < -0.4 is 0 Å². The molecule has 0 bridgehead atoms.